The highest BCUT2D eigenvalue weighted by molar-refractivity contribution is 6.31. The van der Waals surface area contributed by atoms with Gasteiger partial charge < -0.3 is 0 Å². The number of halogens is 3. The Hall–Kier alpha value is -0.690. The fourth-order valence-electron chi connectivity index (χ4n) is 1.63. The van der Waals surface area contributed by atoms with Gasteiger partial charge in [0, 0.05) is 16.1 Å². The molecule has 0 fully saturated rings. The number of rotatable bonds is 3. The first-order valence-corrected chi connectivity index (χ1v) is 6.40. The molecule has 2 aromatic rings. The van der Waals surface area contributed by atoms with E-state index in [1.54, 1.807) is 6.07 Å². The zero-order valence-electron chi connectivity index (χ0n) is 8.96. The summed E-state index contributed by atoms with van der Waals surface area (Å²) in [5.41, 5.74) is 2.11. The second-order valence-electron chi connectivity index (χ2n) is 3.77. The summed E-state index contributed by atoms with van der Waals surface area (Å²) in [5, 5.41) is 1.21. The molecule has 0 aliphatic rings. The van der Waals surface area contributed by atoms with E-state index in [2.05, 4.69) is 6.07 Å². The van der Waals surface area contributed by atoms with Gasteiger partial charge in [0.05, 0.1) is 5.38 Å². The molecule has 0 aliphatic heterocycles. The summed E-state index contributed by atoms with van der Waals surface area (Å²) in [6.07, 6.45) is 0.719. The van der Waals surface area contributed by atoms with E-state index < -0.39 is 0 Å². The van der Waals surface area contributed by atoms with E-state index in [0.717, 1.165) is 17.5 Å². The number of benzene rings is 2. The molecule has 0 bridgehead atoms. The first kappa shape index (κ1) is 12.8. The Morgan fingerprint density at radius 2 is 1.94 bits per heavy atom. The lowest BCUT2D eigenvalue weighted by Crippen LogP contribution is -1.95. The summed E-state index contributed by atoms with van der Waals surface area (Å²) < 4.78 is 0. The largest absolute Gasteiger partial charge is 0.117 e. The van der Waals surface area contributed by atoms with Crippen LogP contribution in [-0.2, 0) is 6.42 Å². The number of hydrogen-bond acceptors (Lipinski definition) is 0. The molecule has 0 N–H and O–H groups in total. The fourth-order valence-corrected chi connectivity index (χ4v) is 2.35. The van der Waals surface area contributed by atoms with Crippen LogP contribution in [0.2, 0.25) is 10.0 Å². The maximum atomic E-state index is 6.35. The second kappa shape index (κ2) is 5.77. The molecule has 0 nitrogen and oxygen atoms in total. The van der Waals surface area contributed by atoms with Gasteiger partial charge in [-0.2, -0.15) is 0 Å². The normalized spacial score (nSPS) is 12.4. The average molecular weight is 285 g/mol. The highest BCUT2D eigenvalue weighted by atomic mass is 35.5. The molecule has 0 saturated heterocycles. The van der Waals surface area contributed by atoms with Crippen molar-refractivity contribution in [2.45, 2.75) is 11.8 Å². The molecule has 1 radical (unpaired) electrons. The van der Waals surface area contributed by atoms with Gasteiger partial charge in [0.15, 0.2) is 0 Å². The predicted octanol–water partition coefficient (Wildman–Crippen LogP) is 5.32. The van der Waals surface area contributed by atoms with Crippen molar-refractivity contribution in [3.63, 3.8) is 0 Å². The lowest BCUT2D eigenvalue weighted by molar-refractivity contribution is 0.920. The maximum absolute atomic E-state index is 6.35. The topological polar surface area (TPSA) is 0 Å². The van der Waals surface area contributed by atoms with Crippen LogP contribution in [0.1, 0.15) is 16.5 Å². The molecule has 0 aliphatic carbocycles. The molecule has 17 heavy (non-hydrogen) atoms. The standard InChI is InChI=1S/C14H10Cl3/c15-12-5-1-3-10(7-12)8-14(17)11-4-2-6-13(16)9-11/h1-4,6-7,9,14H,8H2. The quantitative estimate of drug-likeness (QED) is 0.670. The number of alkyl halides is 1. The lowest BCUT2D eigenvalue weighted by atomic mass is 10.0. The van der Waals surface area contributed by atoms with Crippen molar-refractivity contribution in [2.75, 3.05) is 0 Å². The van der Waals surface area contributed by atoms with Crippen molar-refractivity contribution in [1.82, 2.24) is 0 Å². The summed E-state index contributed by atoms with van der Waals surface area (Å²) in [6.45, 7) is 0. The molecule has 0 spiro atoms. The lowest BCUT2D eigenvalue weighted by Gasteiger charge is -2.10. The molecule has 2 aromatic carbocycles. The van der Waals surface area contributed by atoms with Crippen LogP contribution in [-0.4, -0.2) is 0 Å². The van der Waals surface area contributed by atoms with Crippen LogP contribution in [0.4, 0.5) is 0 Å². The maximum Gasteiger partial charge on any atom is 0.0626 e. The van der Waals surface area contributed by atoms with Crippen LogP contribution < -0.4 is 0 Å². The summed E-state index contributed by atoms with van der Waals surface area (Å²) >= 11 is 18.2. The van der Waals surface area contributed by atoms with E-state index in [1.807, 2.05) is 36.4 Å². The van der Waals surface area contributed by atoms with Gasteiger partial charge in [-0.1, -0.05) is 47.5 Å². The first-order chi connectivity index (χ1) is 8.15. The van der Waals surface area contributed by atoms with Gasteiger partial charge in [-0.3, -0.25) is 0 Å². The Bertz CT molecular complexity index is 508. The van der Waals surface area contributed by atoms with Gasteiger partial charge in [-0.05, 0) is 35.7 Å². The van der Waals surface area contributed by atoms with Gasteiger partial charge in [-0.15, -0.1) is 11.6 Å². The predicted molar refractivity (Wildman–Crippen MR) is 74.0 cm³/mol. The Balaban J connectivity index is 2.14. The average Bonchev–Trinajstić information content (AvgIpc) is 2.29. The summed E-state index contributed by atoms with van der Waals surface area (Å²) in [5.74, 6) is 0. The first-order valence-electron chi connectivity index (χ1n) is 5.21. The molecule has 0 heterocycles. The Kier molecular flexibility index (Phi) is 4.33. The molecule has 1 atom stereocenters. The van der Waals surface area contributed by atoms with Crippen molar-refractivity contribution >= 4 is 34.8 Å². The SMILES string of the molecule is Clc1[c]ccc(CC(Cl)c2cccc(Cl)c2)c1. The monoisotopic (exact) mass is 283 g/mol. The van der Waals surface area contributed by atoms with Gasteiger partial charge in [0.1, 0.15) is 0 Å². The van der Waals surface area contributed by atoms with Gasteiger partial charge in [0.25, 0.3) is 0 Å². The Morgan fingerprint density at radius 1 is 1.12 bits per heavy atom. The van der Waals surface area contributed by atoms with Crippen molar-refractivity contribution in [1.29, 1.82) is 0 Å². The highest BCUT2D eigenvalue weighted by Gasteiger charge is 2.09. The molecule has 0 amide bonds. The minimum atomic E-state index is -0.104. The Labute approximate surface area is 116 Å². The third-order valence-corrected chi connectivity index (χ3v) is 3.32. The van der Waals surface area contributed by atoms with Crippen molar-refractivity contribution in [3.05, 3.63) is 69.7 Å². The minimum absolute atomic E-state index is 0.104. The van der Waals surface area contributed by atoms with Gasteiger partial charge >= 0.3 is 0 Å². The van der Waals surface area contributed by atoms with Crippen LogP contribution in [0, 0.1) is 6.07 Å². The van der Waals surface area contributed by atoms with Crippen molar-refractivity contribution in [3.8, 4) is 0 Å². The molecule has 2 rings (SSSR count). The third-order valence-electron chi connectivity index (χ3n) is 2.46. The highest BCUT2D eigenvalue weighted by Crippen LogP contribution is 2.27. The van der Waals surface area contributed by atoms with E-state index in [-0.39, 0.29) is 5.38 Å². The molecular weight excluding hydrogens is 275 g/mol. The van der Waals surface area contributed by atoms with Crippen molar-refractivity contribution in [2.24, 2.45) is 0 Å². The summed E-state index contributed by atoms with van der Waals surface area (Å²) in [4.78, 5) is 0. The molecule has 0 aromatic heterocycles. The van der Waals surface area contributed by atoms with Gasteiger partial charge in [-0.25, -0.2) is 0 Å². The zero-order valence-corrected chi connectivity index (χ0v) is 11.2. The van der Waals surface area contributed by atoms with E-state index >= 15 is 0 Å². The van der Waals surface area contributed by atoms with Crippen LogP contribution in [0.25, 0.3) is 0 Å². The smallest absolute Gasteiger partial charge is 0.0626 e. The molecule has 1 unspecified atom stereocenters. The fraction of sp³-hybridized carbons (Fsp3) is 0.143. The number of hydrogen-bond donors (Lipinski definition) is 0. The molecule has 87 valence electrons. The van der Waals surface area contributed by atoms with Crippen LogP contribution >= 0.6 is 34.8 Å². The summed E-state index contributed by atoms with van der Waals surface area (Å²) in [6, 6.07) is 16.1. The summed E-state index contributed by atoms with van der Waals surface area (Å²) in [7, 11) is 0. The van der Waals surface area contributed by atoms with Crippen LogP contribution in [0.3, 0.4) is 0 Å². The third kappa shape index (κ3) is 3.64. The van der Waals surface area contributed by atoms with E-state index in [9.17, 15) is 0 Å². The molecular formula is C14H10Cl3. The van der Waals surface area contributed by atoms with Crippen LogP contribution in [0.5, 0.6) is 0 Å². The van der Waals surface area contributed by atoms with Crippen molar-refractivity contribution < 1.29 is 0 Å². The zero-order chi connectivity index (χ0) is 12.3. The van der Waals surface area contributed by atoms with Gasteiger partial charge in [0.2, 0.25) is 0 Å². The Morgan fingerprint density at radius 3 is 2.65 bits per heavy atom. The van der Waals surface area contributed by atoms with E-state index in [4.69, 9.17) is 34.8 Å². The minimum Gasteiger partial charge on any atom is -0.117 e. The van der Waals surface area contributed by atoms with Crippen LogP contribution in [0.15, 0.2) is 42.5 Å². The van der Waals surface area contributed by atoms with E-state index in [0.29, 0.717) is 10.0 Å². The van der Waals surface area contributed by atoms with E-state index in [1.165, 1.54) is 0 Å². The second-order valence-corrected chi connectivity index (χ2v) is 5.14. The molecule has 0 saturated carbocycles. The molecule has 3 heteroatoms.